The predicted octanol–water partition coefficient (Wildman–Crippen LogP) is 4.59. The van der Waals surface area contributed by atoms with Crippen LogP contribution in [0.5, 0.6) is 5.75 Å². The van der Waals surface area contributed by atoms with E-state index in [-0.39, 0.29) is 11.8 Å². The van der Waals surface area contributed by atoms with Crippen LogP contribution >= 0.6 is 0 Å². The second kappa shape index (κ2) is 10.5. The van der Waals surface area contributed by atoms with Crippen LogP contribution in [0.3, 0.4) is 0 Å². The average Bonchev–Trinajstić information content (AvgIpc) is 2.80. The van der Waals surface area contributed by atoms with Crippen LogP contribution in [0.2, 0.25) is 0 Å². The van der Waals surface area contributed by atoms with Gasteiger partial charge >= 0.3 is 0 Å². The van der Waals surface area contributed by atoms with Crippen molar-refractivity contribution in [3.63, 3.8) is 0 Å². The summed E-state index contributed by atoms with van der Waals surface area (Å²) in [4.78, 5) is 29.7. The third-order valence-corrected chi connectivity index (χ3v) is 7.04. The van der Waals surface area contributed by atoms with Gasteiger partial charge in [-0.15, -0.1) is 0 Å². The topological polar surface area (TPSA) is 61.9 Å². The Bertz CT molecular complexity index is 769. The first kappa shape index (κ1) is 22.1. The number of hydrogen-bond donors (Lipinski definition) is 1. The molecule has 6 nitrogen and oxygen atoms in total. The summed E-state index contributed by atoms with van der Waals surface area (Å²) in [6.07, 6.45) is 11.3. The van der Waals surface area contributed by atoms with Crippen LogP contribution in [0.15, 0.2) is 18.2 Å². The molecular weight excluding hydrogens is 390 g/mol. The summed E-state index contributed by atoms with van der Waals surface area (Å²) in [5, 5.41) is 3.04. The number of hydrogen-bond acceptors (Lipinski definition) is 4. The predicted molar refractivity (Wildman–Crippen MR) is 124 cm³/mol. The molecule has 1 unspecified atom stereocenters. The highest BCUT2D eigenvalue weighted by molar-refractivity contribution is 6.01. The summed E-state index contributed by atoms with van der Waals surface area (Å²) in [6, 6.07) is 5.65. The Kier molecular flexibility index (Phi) is 7.49. The highest BCUT2D eigenvalue weighted by Gasteiger charge is 2.32. The number of likely N-dealkylation sites (tertiary alicyclic amines) is 1. The number of anilines is 2. The van der Waals surface area contributed by atoms with Gasteiger partial charge in [0.15, 0.2) is 6.10 Å². The van der Waals surface area contributed by atoms with E-state index in [1.165, 1.54) is 51.4 Å². The van der Waals surface area contributed by atoms with E-state index in [2.05, 4.69) is 10.2 Å². The number of carbonyl (C=O) groups excluding carboxylic acids is 2. The second-order valence-electron chi connectivity index (χ2n) is 9.43. The minimum atomic E-state index is -0.482. The monoisotopic (exact) mass is 427 g/mol. The van der Waals surface area contributed by atoms with Crippen molar-refractivity contribution in [1.82, 2.24) is 4.90 Å². The number of amides is 2. The third-order valence-electron chi connectivity index (χ3n) is 7.04. The molecule has 2 aliphatic heterocycles. The van der Waals surface area contributed by atoms with Gasteiger partial charge in [0.05, 0.1) is 5.69 Å². The second-order valence-corrected chi connectivity index (χ2v) is 9.43. The van der Waals surface area contributed by atoms with E-state index in [1.54, 1.807) is 6.92 Å². The maximum atomic E-state index is 12.9. The Morgan fingerprint density at radius 1 is 1.06 bits per heavy atom. The molecule has 1 N–H and O–H groups in total. The highest BCUT2D eigenvalue weighted by Crippen LogP contribution is 2.36. The lowest BCUT2D eigenvalue weighted by Crippen LogP contribution is -2.48. The Labute approximate surface area is 186 Å². The first-order valence-electron chi connectivity index (χ1n) is 12.2. The van der Waals surface area contributed by atoms with E-state index < -0.39 is 6.10 Å². The van der Waals surface area contributed by atoms with Gasteiger partial charge in [-0.1, -0.05) is 38.5 Å². The molecule has 0 spiro atoms. The van der Waals surface area contributed by atoms with Gasteiger partial charge < -0.3 is 19.9 Å². The van der Waals surface area contributed by atoms with Crippen molar-refractivity contribution in [3.8, 4) is 5.75 Å². The zero-order valence-corrected chi connectivity index (χ0v) is 18.9. The SMILES string of the molecule is CC1Oc2ccc(NC(=O)CCC3CCCCC3)cc2N(CCN2CCCCC2)C1=O. The van der Waals surface area contributed by atoms with Gasteiger partial charge in [0.1, 0.15) is 5.75 Å². The Morgan fingerprint density at radius 3 is 2.58 bits per heavy atom. The maximum absolute atomic E-state index is 12.9. The van der Waals surface area contributed by atoms with Crippen molar-refractivity contribution in [2.75, 3.05) is 36.4 Å². The molecule has 2 amide bonds. The first-order chi connectivity index (χ1) is 15.1. The van der Waals surface area contributed by atoms with Gasteiger partial charge in [-0.05, 0) is 63.4 Å². The molecule has 1 aromatic carbocycles. The number of ether oxygens (including phenoxy) is 1. The average molecular weight is 428 g/mol. The zero-order chi connectivity index (χ0) is 21.6. The number of fused-ring (bicyclic) bond motifs is 1. The summed E-state index contributed by atoms with van der Waals surface area (Å²) in [6.45, 7) is 5.55. The molecule has 1 aromatic rings. The van der Waals surface area contributed by atoms with Gasteiger partial charge in [0.2, 0.25) is 5.91 Å². The molecule has 0 aromatic heterocycles. The fraction of sp³-hybridized carbons (Fsp3) is 0.680. The quantitative estimate of drug-likeness (QED) is 0.692. The molecule has 2 heterocycles. The fourth-order valence-electron chi connectivity index (χ4n) is 5.17. The molecule has 4 rings (SSSR count). The highest BCUT2D eigenvalue weighted by atomic mass is 16.5. The van der Waals surface area contributed by atoms with Crippen LogP contribution in [0.4, 0.5) is 11.4 Å². The molecule has 2 fully saturated rings. The summed E-state index contributed by atoms with van der Waals surface area (Å²) in [7, 11) is 0. The molecule has 3 aliphatic rings. The van der Waals surface area contributed by atoms with Gasteiger partial charge in [-0.3, -0.25) is 9.59 Å². The molecular formula is C25H37N3O3. The van der Waals surface area contributed by atoms with Crippen molar-refractivity contribution in [2.24, 2.45) is 5.92 Å². The smallest absolute Gasteiger partial charge is 0.267 e. The lowest BCUT2D eigenvalue weighted by atomic mass is 9.86. The lowest BCUT2D eigenvalue weighted by Gasteiger charge is -2.35. The van der Waals surface area contributed by atoms with Crippen LogP contribution in [-0.2, 0) is 9.59 Å². The van der Waals surface area contributed by atoms with Crippen LogP contribution in [0, 0.1) is 5.92 Å². The standard InChI is InChI=1S/C25H37N3O3/c1-19-25(30)28(17-16-27-14-6-3-7-15-27)22-18-21(11-12-23(22)31-19)26-24(29)13-10-20-8-4-2-5-9-20/h11-12,18-20H,2-10,13-17H2,1H3,(H,26,29). The van der Waals surface area contributed by atoms with Gasteiger partial charge in [0, 0.05) is 25.2 Å². The Balaban J connectivity index is 1.39. The molecule has 1 saturated heterocycles. The number of nitrogens with one attached hydrogen (secondary N) is 1. The normalized spacial score (nSPS) is 22.7. The van der Waals surface area contributed by atoms with Crippen LogP contribution in [0.1, 0.15) is 71.1 Å². The number of nitrogens with zero attached hydrogens (tertiary/aromatic N) is 2. The van der Waals surface area contributed by atoms with Gasteiger partial charge in [0.25, 0.3) is 5.91 Å². The Hall–Kier alpha value is -2.08. The van der Waals surface area contributed by atoms with E-state index in [0.717, 1.165) is 37.4 Å². The molecule has 1 aliphatic carbocycles. The molecule has 0 radical (unpaired) electrons. The van der Waals surface area contributed by atoms with Crippen LogP contribution < -0.4 is 15.0 Å². The van der Waals surface area contributed by atoms with Gasteiger partial charge in [-0.2, -0.15) is 0 Å². The van der Waals surface area contributed by atoms with Crippen molar-refractivity contribution in [3.05, 3.63) is 18.2 Å². The number of piperidine rings is 1. The van der Waals surface area contributed by atoms with Crippen molar-refractivity contribution >= 4 is 23.2 Å². The number of carbonyl (C=O) groups is 2. The van der Waals surface area contributed by atoms with E-state index in [4.69, 9.17) is 4.74 Å². The number of rotatable bonds is 7. The molecule has 1 saturated carbocycles. The van der Waals surface area contributed by atoms with Crippen molar-refractivity contribution in [1.29, 1.82) is 0 Å². The van der Waals surface area contributed by atoms with Crippen LogP contribution in [0.25, 0.3) is 0 Å². The minimum Gasteiger partial charge on any atom is -0.479 e. The largest absolute Gasteiger partial charge is 0.479 e. The van der Waals surface area contributed by atoms with E-state index >= 15 is 0 Å². The fourth-order valence-corrected chi connectivity index (χ4v) is 5.17. The summed E-state index contributed by atoms with van der Waals surface area (Å²) >= 11 is 0. The summed E-state index contributed by atoms with van der Waals surface area (Å²) in [5.74, 6) is 1.46. The van der Waals surface area contributed by atoms with Crippen molar-refractivity contribution < 1.29 is 14.3 Å². The molecule has 6 heteroatoms. The van der Waals surface area contributed by atoms with E-state index in [9.17, 15) is 9.59 Å². The third kappa shape index (κ3) is 5.79. The first-order valence-corrected chi connectivity index (χ1v) is 12.2. The van der Waals surface area contributed by atoms with E-state index in [1.807, 2.05) is 23.1 Å². The molecule has 31 heavy (non-hydrogen) atoms. The number of benzene rings is 1. The molecule has 1 atom stereocenters. The molecule has 0 bridgehead atoms. The molecule has 170 valence electrons. The van der Waals surface area contributed by atoms with Crippen molar-refractivity contribution in [2.45, 2.75) is 77.2 Å². The van der Waals surface area contributed by atoms with Gasteiger partial charge in [-0.25, -0.2) is 0 Å². The Morgan fingerprint density at radius 2 is 1.81 bits per heavy atom. The minimum absolute atomic E-state index is 0.00900. The zero-order valence-electron chi connectivity index (χ0n) is 18.9. The summed E-state index contributed by atoms with van der Waals surface area (Å²) < 4.78 is 5.84. The van der Waals surface area contributed by atoms with Crippen LogP contribution in [-0.4, -0.2) is 49.0 Å². The van der Waals surface area contributed by atoms with E-state index in [0.29, 0.717) is 24.6 Å². The summed E-state index contributed by atoms with van der Waals surface area (Å²) in [5.41, 5.74) is 1.51. The maximum Gasteiger partial charge on any atom is 0.267 e. The lowest BCUT2D eigenvalue weighted by molar-refractivity contribution is -0.125.